The van der Waals surface area contributed by atoms with Crippen LogP contribution in [0.15, 0.2) is 30.3 Å². The summed E-state index contributed by atoms with van der Waals surface area (Å²) in [5.74, 6) is 0. The summed E-state index contributed by atoms with van der Waals surface area (Å²) in [6.07, 6.45) is 0.101. The number of nitrogens with zero attached hydrogens (tertiary/aromatic N) is 2. The molecule has 5 nitrogen and oxygen atoms in total. The summed E-state index contributed by atoms with van der Waals surface area (Å²) in [5.41, 5.74) is 2.09. The summed E-state index contributed by atoms with van der Waals surface area (Å²) in [6, 6.07) is 10.1. The van der Waals surface area contributed by atoms with Crippen molar-refractivity contribution < 1.29 is 9.53 Å². The molecule has 122 valence electrons. The molecule has 0 saturated carbocycles. The van der Waals surface area contributed by atoms with Gasteiger partial charge in [0.25, 0.3) is 0 Å². The molecule has 1 N–H and O–H groups in total. The third-order valence-electron chi connectivity index (χ3n) is 3.84. The number of urea groups is 1. The first-order chi connectivity index (χ1) is 11.1. The number of benzene rings is 1. The first-order valence-electron chi connectivity index (χ1n) is 7.79. The first-order valence-corrected chi connectivity index (χ1v) is 8.61. The second kappa shape index (κ2) is 7.10. The Bertz CT molecular complexity index is 672. The highest BCUT2D eigenvalue weighted by atomic mass is 32.1. The number of aryl methyl sites for hydroxylation is 1. The SMILES string of the molecule is Cc1nc(-c2ccccc2)sc1CNC(=O)N1CCO[C@H](C)C1. The Morgan fingerprint density at radius 3 is 2.96 bits per heavy atom. The van der Waals surface area contributed by atoms with Crippen molar-refractivity contribution in [3.05, 3.63) is 40.9 Å². The van der Waals surface area contributed by atoms with Crippen LogP contribution < -0.4 is 5.32 Å². The minimum absolute atomic E-state index is 0.0331. The predicted molar refractivity (Wildman–Crippen MR) is 91.5 cm³/mol. The summed E-state index contributed by atoms with van der Waals surface area (Å²) < 4.78 is 5.46. The predicted octanol–water partition coefficient (Wildman–Crippen LogP) is 3.05. The van der Waals surface area contributed by atoms with Gasteiger partial charge in [-0.2, -0.15) is 0 Å². The van der Waals surface area contributed by atoms with Gasteiger partial charge in [-0.3, -0.25) is 0 Å². The van der Waals surface area contributed by atoms with E-state index in [1.807, 2.05) is 36.9 Å². The van der Waals surface area contributed by atoms with Gasteiger partial charge in [0.15, 0.2) is 0 Å². The van der Waals surface area contributed by atoms with E-state index in [1.165, 1.54) is 0 Å². The molecule has 1 aromatic heterocycles. The van der Waals surface area contributed by atoms with Gasteiger partial charge in [0, 0.05) is 23.5 Å². The quantitative estimate of drug-likeness (QED) is 0.940. The first kappa shape index (κ1) is 16.0. The van der Waals surface area contributed by atoms with E-state index >= 15 is 0 Å². The van der Waals surface area contributed by atoms with Gasteiger partial charge in [0.1, 0.15) is 5.01 Å². The van der Waals surface area contributed by atoms with Gasteiger partial charge in [-0.05, 0) is 13.8 Å². The van der Waals surface area contributed by atoms with Crippen molar-refractivity contribution in [1.82, 2.24) is 15.2 Å². The molecule has 0 aliphatic carbocycles. The Morgan fingerprint density at radius 1 is 1.43 bits per heavy atom. The zero-order valence-corrected chi connectivity index (χ0v) is 14.2. The molecule has 0 unspecified atom stereocenters. The molecule has 2 aromatic rings. The van der Waals surface area contributed by atoms with E-state index in [2.05, 4.69) is 22.4 Å². The lowest BCUT2D eigenvalue weighted by molar-refractivity contribution is -0.00351. The van der Waals surface area contributed by atoms with Crippen molar-refractivity contribution in [1.29, 1.82) is 0 Å². The van der Waals surface area contributed by atoms with Crippen molar-refractivity contribution in [3.63, 3.8) is 0 Å². The van der Waals surface area contributed by atoms with Gasteiger partial charge in [-0.15, -0.1) is 11.3 Å². The minimum atomic E-state index is -0.0331. The van der Waals surface area contributed by atoms with Crippen molar-refractivity contribution in [2.24, 2.45) is 0 Å². The van der Waals surface area contributed by atoms with E-state index in [9.17, 15) is 4.79 Å². The number of ether oxygens (including phenoxy) is 1. The number of amides is 2. The Hall–Kier alpha value is -1.92. The number of hydrogen-bond acceptors (Lipinski definition) is 4. The highest BCUT2D eigenvalue weighted by Gasteiger charge is 2.21. The molecule has 1 saturated heterocycles. The molecule has 2 amide bonds. The summed E-state index contributed by atoms with van der Waals surface area (Å²) in [7, 11) is 0. The molecule has 2 heterocycles. The number of morpholine rings is 1. The van der Waals surface area contributed by atoms with Crippen LogP contribution in [-0.2, 0) is 11.3 Å². The molecular formula is C17H21N3O2S. The molecular weight excluding hydrogens is 310 g/mol. The molecule has 1 atom stereocenters. The number of carbonyl (C=O) groups is 1. The molecule has 0 bridgehead atoms. The van der Waals surface area contributed by atoms with Gasteiger partial charge in [-0.1, -0.05) is 30.3 Å². The second-order valence-corrected chi connectivity index (χ2v) is 6.76. The standard InChI is InChI=1S/C17H21N3O2S/c1-12-11-20(8-9-22-12)17(21)18-10-15-13(2)19-16(23-15)14-6-4-3-5-7-14/h3-7,12H,8-11H2,1-2H3,(H,18,21)/t12-/m1/s1. The van der Waals surface area contributed by atoms with Crippen molar-refractivity contribution in [2.45, 2.75) is 26.5 Å². The molecule has 23 heavy (non-hydrogen) atoms. The van der Waals surface area contributed by atoms with Crippen LogP contribution in [-0.4, -0.2) is 41.7 Å². The van der Waals surface area contributed by atoms with Gasteiger partial charge < -0.3 is 15.0 Å². The lowest BCUT2D eigenvalue weighted by atomic mass is 10.2. The molecule has 1 aromatic carbocycles. The van der Waals surface area contributed by atoms with Gasteiger partial charge in [0.05, 0.1) is 24.9 Å². The van der Waals surface area contributed by atoms with Gasteiger partial charge in [0.2, 0.25) is 0 Å². The number of thiazole rings is 1. The van der Waals surface area contributed by atoms with Crippen LogP contribution in [0.3, 0.4) is 0 Å². The van der Waals surface area contributed by atoms with Crippen LogP contribution in [0, 0.1) is 6.92 Å². The molecule has 1 aliphatic heterocycles. The van der Waals surface area contributed by atoms with E-state index in [0.29, 0.717) is 26.2 Å². The topological polar surface area (TPSA) is 54.5 Å². The second-order valence-electron chi connectivity index (χ2n) is 5.68. The monoisotopic (exact) mass is 331 g/mol. The van der Waals surface area contributed by atoms with Crippen LogP contribution in [0.2, 0.25) is 0 Å². The number of hydrogen-bond donors (Lipinski definition) is 1. The van der Waals surface area contributed by atoms with E-state index in [1.54, 1.807) is 11.3 Å². The maximum atomic E-state index is 12.2. The van der Waals surface area contributed by atoms with Crippen LogP contribution in [0.1, 0.15) is 17.5 Å². The number of rotatable bonds is 3. The minimum Gasteiger partial charge on any atom is -0.375 e. The Morgan fingerprint density at radius 2 is 2.22 bits per heavy atom. The van der Waals surface area contributed by atoms with Crippen LogP contribution in [0.5, 0.6) is 0 Å². The van der Waals surface area contributed by atoms with E-state index in [-0.39, 0.29) is 12.1 Å². The maximum absolute atomic E-state index is 12.2. The zero-order valence-electron chi connectivity index (χ0n) is 13.4. The fraction of sp³-hybridized carbons (Fsp3) is 0.412. The Balaban J connectivity index is 1.62. The van der Waals surface area contributed by atoms with Crippen LogP contribution >= 0.6 is 11.3 Å². The summed E-state index contributed by atoms with van der Waals surface area (Å²) in [6.45, 7) is 6.38. The van der Waals surface area contributed by atoms with Crippen molar-refractivity contribution in [2.75, 3.05) is 19.7 Å². The fourth-order valence-corrected chi connectivity index (χ4v) is 3.57. The number of aromatic nitrogens is 1. The Kier molecular flexibility index (Phi) is 4.93. The van der Waals surface area contributed by atoms with Gasteiger partial charge >= 0.3 is 6.03 Å². The number of carbonyl (C=O) groups excluding carboxylic acids is 1. The lowest BCUT2D eigenvalue weighted by Crippen LogP contribution is -2.48. The average molecular weight is 331 g/mol. The fourth-order valence-electron chi connectivity index (χ4n) is 2.57. The zero-order chi connectivity index (χ0) is 16.2. The molecule has 6 heteroatoms. The smallest absolute Gasteiger partial charge is 0.317 e. The Labute approximate surface area is 140 Å². The molecule has 0 spiro atoms. The van der Waals surface area contributed by atoms with E-state index in [0.717, 1.165) is 21.1 Å². The van der Waals surface area contributed by atoms with Crippen molar-refractivity contribution in [3.8, 4) is 10.6 Å². The van der Waals surface area contributed by atoms with E-state index < -0.39 is 0 Å². The molecule has 3 rings (SSSR count). The van der Waals surface area contributed by atoms with Crippen LogP contribution in [0.4, 0.5) is 4.79 Å². The summed E-state index contributed by atoms with van der Waals surface area (Å²) >= 11 is 1.63. The molecule has 1 aliphatic rings. The average Bonchev–Trinajstić information content (AvgIpc) is 2.94. The maximum Gasteiger partial charge on any atom is 0.317 e. The summed E-state index contributed by atoms with van der Waals surface area (Å²) in [5, 5.41) is 3.99. The largest absolute Gasteiger partial charge is 0.375 e. The third-order valence-corrected chi connectivity index (χ3v) is 5.05. The summed E-state index contributed by atoms with van der Waals surface area (Å²) in [4.78, 5) is 19.8. The number of nitrogens with one attached hydrogen (secondary N) is 1. The van der Waals surface area contributed by atoms with Crippen molar-refractivity contribution >= 4 is 17.4 Å². The van der Waals surface area contributed by atoms with Crippen LogP contribution in [0.25, 0.3) is 10.6 Å². The van der Waals surface area contributed by atoms with E-state index in [4.69, 9.17) is 4.74 Å². The van der Waals surface area contributed by atoms with Gasteiger partial charge in [-0.25, -0.2) is 9.78 Å². The molecule has 1 fully saturated rings. The normalized spacial score (nSPS) is 18.0. The highest BCUT2D eigenvalue weighted by molar-refractivity contribution is 7.15. The lowest BCUT2D eigenvalue weighted by Gasteiger charge is -2.31. The third kappa shape index (κ3) is 3.89. The molecule has 0 radical (unpaired) electrons. The highest BCUT2D eigenvalue weighted by Crippen LogP contribution is 2.27.